The number of rotatable bonds is 4. The highest BCUT2D eigenvalue weighted by atomic mass is 79.9. The van der Waals surface area contributed by atoms with E-state index in [0.29, 0.717) is 12.4 Å². The van der Waals surface area contributed by atoms with Crippen molar-refractivity contribution in [2.75, 3.05) is 18.2 Å². The largest absolute Gasteiger partial charge is 0.573 e. The third kappa shape index (κ3) is 5.59. The Morgan fingerprint density at radius 3 is 2.56 bits per heavy atom. The number of alkyl halides is 6. The van der Waals surface area contributed by atoms with Gasteiger partial charge in [0.2, 0.25) is 0 Å². The van der Waals surface area contributed by atoms with Crippen LogP contribution in [-0.4, -0.2) is 63.6 Å². The summed E-state index contributed by atoms with van der Waals surface area (Å²) in [5, 5.41) is 4.25. The number of hydrogen-bond acceptors (Lipinski definition) is 5. The summed E-state index contributed by atoms with van der Waals surface area (Å²) in [6.45, 7) is 0.484. The van der Waals surface area contributed by atoms with Gasteiger partial charge in [0.1, 0.15) is 5.75 Å². The number of ether oxygens (including phenoxy) is 1. The first-order valence-electron chi connectivity index (χ1n) is 9.74. The molecule has 0 spiro atoms. The van der Waals surface area contributed by atoms with E-state index >= 15 is 0 Å². The lowest BCUT2D eigenvalue weighted by molar-refractivity contribution is -0.274. The zero-order chi connectivity index (χ0) is 24.7. The van der Waals surface area contributed by atoms with E-state index in [2.05, 4.69) is 30.8 Å². The van der Waals surface area contributed by atoms with Crippen LogP contribution in [0.25, 0.3) is 17.0 Å². The van der Waals surface area contributed by atoms with Gasteiger partial charge in [0.25, 0.3) is 5.91 Å². The molecule has 6 nitrogen and oxygen atoms in total. The minimum Gasteiger partial charge on any atom is -0.406 e. The fraction of sp³-hybridized carbons (Fsp3) is 0.350. The number of thioether (sulfide) groups is 1. The van der Waals surface area contributed by atoms with Crippen LogP contribution in [0.3, 0.4) is 0 Å². The second kappa shape index (κ2) is 9.29. The lowest BCUT2D eigenvalue weighted by Crippen LogP contribution is -2.29. The van der Waals surface area contributed by atoms with E-state index in [-0.39, 0.29) is 33.5 Å². The molecular formula is C20H15BrF6N4O2S. The Kier molecular flexibility index (Phi) is 6.73. The molecule has 0 radical (unpaired) electrons. The third-order valence-electron chi connectivity index (χ3n) is 4.89. The number of carbonyl (C=O) groups excluding carboxylic acids is 1. The number of dihydropyridines is 1. The minimum absolute atomic E-state index is 0.0195. The summed E-state index contributed by atoms with van der Waals surface area (Å²) in [4.78, 5) is 17.9. The Hall–Kier alpha value is -2.48. The predicted octanol–water partition coefficient (Wildman–Crippen LogP) is 5.60. The molecule has 1 amide bonds. The fourth-order valence-electron chi connectivity index (χ4n) is 3.44. The van der Waals surface area contributed by atoms with Crippen LogP contribution in [-0.2, 0) is 0 Å². The van der Waals surface area contributed by atoms with Crippen molar-refractivity contribution in [3.8, 4) is 17.0 Å². The summed E-state index contributed by atoms with van der Waals surface area (Å²) in [6.07, 6.45) is -7.63. The van der Waals surface area contributed by atoms with Gasteiger partial charge in [-0.15, -0.1) is 24.9 Å². The molecule has 2 aliphatic rings. The van der Waals surface area contributed by atoms with Crippen molar-refractivity contribution in [1.29, 1.82) is 0 Å². The zero-order valence-corrected chi connectivity index (χ0v) is 19.4. The maximum Gasteiger partial charge on any atom is 0.573 e. The van der Waals surface area contributed by atoms with Crippen molar-refractivity contribution in [2.24, 2.45) is 4.99 Å². The molecule has 0 saturated carbocycles. The first-order valence-corrected chi connectivity index (χ1v) is 11.7. The van der Waals surface area contributed by atoms with Gasteiger partial charge in [0.15, 0.2) is 11.7 Å². The second-order valence-electron chi connectivity index (χ2n) is 7.34. The van der Waals surface area contributed by atoms with Gasteiger partial charge in [-0.2, -0.15) is 18.3 Å². The first-order chi connectivity index (χ1) is 15.9. The number of halogens is 7. The van der Waals surface area contributed by atoms with E-state index in [9.17, 15) is 31.1 Å². The van der Waals surface area contributed by atoms with Crippen molar-refractivity contribution in [1.82, 2.24) is 14.7 Å². The minimum atomic E-state index is -4.95. The molecule has 3 heterocycles. The van der Waals surface area contributed by atoms with Crippen molar-refractivity contribution in [3.05, 3.63) is 40.5 Å². The lowest BCUT2D eigenvalue weighted by atomic mass is 10.1. The summed E-state index contributed by atoms with van der Waals surface area (Å²) < 4.78 is 83.5. The topological polar surface area (TPSA) is 59.7 Å². The number of amides is 1. The van der Waals surface area contributed by atoms with Crippen LogP contribution in [0.5, 0.6) is 5.75 Å². The van der Waals surface area contributed by atoms with Crippen molar-refractivity contribution >= 4 is 45.5 Å². The van der Waals surface area contributed by atoms with E-state index in [1.54, 1.807) is 11.8 Å². The van der Waals surface area contributed by atoms with Crippen molar-refractivity contribution < 1.29 is 35.9 Å². The van der Waals surface area contributed by atoms with Crippen molar-refractivity contribution in [3.63, 3.8) is 0 Å². The van der Waals surface area contributed by atoms with Crippen LogP contribution in [0.4, 0.5) is 26.3 Å². The van der Waals surface area contributed by atoms with Crippen LogP contribution in [0.15, 0.2) is 39.8 Å². The molecule has 1 fully saturated rings. The van der Waals surface area contributed by atoms with Gasteiger partial charge in [-0.3, -0.25) is 9.79 Å². The Labute approximate surface area is 201 Å². The lowest BCUT2D eigenvalue weighted by Gasteiger charge is -2.20. The predicted molar refractivity (Wildman–Crippen MR) is 118 cm³/mol. The summed E-state index contributed by atoms with van der Waals surface area (Å²) in [5.41, 5.74) is 0.331. The van der Waals surface area contributed by atoms with Gasteiger partial charge in [0, 0.05) is 40.7 Å². The quantitative estimate of drug-likeness (QED) is 0.450. The summed E-state index contributed by atoms with van der Waals surface area (Å²) in [7, 11) is 0. The molecule has 0 N–H and O–H groups in total. The Balaban J connectivity index is 1.82. The molecule has 2 aromatic rings. The third-order valence-corrected chi connectivity index (χ3v) is 6.32. The highest BCUT2D eigenvalue weighted by Gasteiger charge is 2.39. The summed E-state index contributed by atoms with van der Waals surface area (Å²) >= 11 is 4.66. The molecule has 0 aliphatic carbocycles. The SMILES string of the molecule is O=C(c1cc(-c2cc(Br)cc(OC(F)(F)F)c2)n(C2=CC(C(F)(F)F)N=CC2)n1)N1CCSC1. The number of hydrogen-bond donors (Lipinski definition) is 0. The van der Waals surface area contributed by atoms with Crippen LogP contribution < -0.4 is 4.74 Å². The highest BCUT2D eigenvalue weighted by Crippen LogP contribution is 2.35. The molecule has 182 valence electrons. The van der Waals surface area contributed by atoms with Gasteiger partial charge >= 0.3 is 12.5 Å². The van der Waals surface area contributed by atoms with E-state index < -0.39 is 30.2 Å². The van der Waals surface area contributed by atoms with E-state index in [4.69, 9.17) is 0 Å². The van der Waals surface area contributed by atoms with Gasteiger partial charge < -0.3 is 9.64 Å². The number of nitrogens with zero attached hydrogens (tertiary/aromatic N) is 4. The first kappa shape index (κ1) is 24.6. The molecule has 14 heteroatoms. The normalized spacial score (nSPS) is 18.9. The standard InChI is InChI=1S/C20H15BrF6N4O2S/c21-12-5-11(6-14(7-12)33-20(25,26)27)16-9-15(18(32)30-3-4-34-10-30)29-31(16)13-1-2-28-17(8-13)19(22,23)24/h2,5-9,17H,1,3-4,10H2. The van der Waals surface area contributed by atoms with Crippen LogP contribution in [0.2, 0.25) is 0 Å². The van der Waals surface area contributed by atoms with Gasteiger partial charge in [-0.05, 0) is 30.3 Å². The second-order valence-corrected chi connectivity index (χ2v) is 9.33. The fourth-order valence-corrected chi connectivity index (χ4v) is 4.86. The van der Waals surface area contributed by atoms with E-state index in [0.717, 1.165) is 34.9 Å². The average Bonchev–Trinajstić information content (AvgIpc) is 3.41. The van der Waals surface area contributed by atoms with E-state index in [1.165, 1.54) is 17.0 Å². The molecular weight excluding hydrogens is 554 g/mol. The molecule has 34 heavy (non-hydrogen) atoms. The number of aliphatic imine (C=N–C) groups is 1. The number of allylic oxidation sites excluding steroid dienone is 1. The number of aromatic nitrogens is 2. The molecule has 1 aromatic heterocycles. The maximum absolute atomic E-state index is 13.3. The molecule has 1 atom stereocenters. The number of carbonyl (C=O) groups is 1. The Morgan fingerprint density at radius 1 is 1.15 bits per heavy atom. The number of benzene rings is 1. The molecule has 1 unspecified atom stereocenters. The monoisotopic (exact) mass is 568 g/mol. The smallest absolute Gasteiger partial charge is 0.406 e. The molecule has 4 rings (SSSR count). The van der Waals surface area contributed by atoms with Crippen molar-refractivity contribution in [2.45, 2.75) is 25.0 Å². The zero-order valence-electron chi connectivity index (χ0n) is 17.0. The van der Waals surface area contributed by atoms with E-state index in [1.807, 2.05) is 0 Å². The molecule has 1 aromatic carbocycles. The Morgan fingerprint density at radius 2 is 1.91 bits per heavy atom. The summed E-state index contributed by atoms with van der Waals surface area (Å²) in [5.74, 6) is 0.204. The highest BCUT2D eigenvalue weighted by molar-refractivity contribution is 9.10. The molecule has 2 aliphatic heterocycles. The maximum atomic E-state index is 13.3. The molecule has 0 bridgehead atoms. The van der Waals surface area contributed by atoms with Gasteiger partial charge in [-0.1, -0.05) is 15.9 Å². The molecule has 1 saturated heterocycles. The summed E-state index contributed by atoms with van der Waals surface area (Å²) in [6, 6.07) is 2.87. The van der Waals surface area contributed by atoms with Gasteiger partial charge in [-0.25, -0.2) is 4.68 Å². The van der Waals surface area contributed by atoms with Crippen LogP contribution in [0, 0.1) is 0 Å². The van der Waals surface area contributed by atoms with Gasteiger partial charge in [0.05, 0.1) is 11.6 Å². The Bertz CT molecular complexity index is 1150. The van der Waals surface area contributed by atoms with Crippen LogP contribution >= 0.6 is 27.7 Å². The van der Waals surface area contributed by atoms with Crippen LogP contribution in [0.1, 0.15) is 16.9 Å². The average molecular weight is 569 g/mol.